The Bertz CT molecular complexity index is 712. The molecule has 1 fully saturated rings. The maximum Gasteiger partial charge on any atom is 0.257 e. The Morgan fingerprint density at radius 2 is 1.92 bits per heavy atom. The van der Waals surface area contributed by atoms with E-state index in [2.05, 4.69) is 14.9 Å². The van der Waals surface area contributed by atoms with Gasteiger partial charge in [0, 0.05) is 37.9 Å². The monoisotopic (exact) mass is 326 g/mol. The molecule has 0 radical (unpaired) electrons. The second-order valence-corrected chi connectivity index (χ2v) is 5.73. The van der Waals surface area contributed by atoms with Crippen LogP contribution < -0.4 is 9.64 Å². The van der Waals surface area contributed by atoms with Crippen molar-refractivity contribution in [2.24, 2.45) is 0 Å². The molecular weight excluding hydrogens is 304 g/mol. The molecule has 0 aliphatic carbocycles. The highest BCUT2D eigenvalue weighted by Gasteiger charge is 2.24. The van der Waals surface area contributed by atoms with Gasteiger partial charge in [-0.1, -0.05) is 12.1 Å². The van der Waals surface area contributed by atoms with Gasteiger partial charge in [0.05, 0.1) is 12.2 Å². The number of carbonyl (C=O) groups is 1. The number of hydrogen-bond acceptors (Lipinski definition) is 5. The van der Waals surface area contributed by atoms with Crippen LogP contribution in [0.3, 0.4) is 0 Å². The van der Waals surface area contributed by atoms with Gasteiger partial charge in [0.2, 0.25) is 0 Å². The number of carbonyl (C=O) groups excluding carboxylic acids is 1. The molecule has 1 saturated heterocycles. The normalized spacial score (nSPS) is 14.6. The van der Waals surface area contributed by atoms with Gasteiger partial charge in [-0.3, -0.25) is 4.79 Å². The molecule has 0 N–H and O–H groups in total. The van der Waals surface area contributed by atoms with E-state index < -0.39 is 0 Å². The molecule has 1 aliphatic rings. The molecule has 3 rings (SSSR count). The molecule has 1 amide bonds. The Morgan fingerprint density at radius 1 is 1.17 bits per heavy atom. The molecule has 6 nitrogen and oxygen atoms in total. The molecule has 1 aromatic heterocycles. The van der Waals surface area contributed by atoms with Gasteiger partial charge in [0.15, 0.2) is 0 Å². The molecule has 2 heterocycles. The average molecular weight is 326 g/mol. The van der Waals surface area contributed by atoms with Crippen LogP contribution in [-0.4, -0.2) is 53.6 Å². The van der Waals surface area contributed by atoms with Crippen molar-refractivity contribution < 1.29 is 9.53 Å². The SMILES string of the molecule is CCOc1ccccc1C(=O)N1CCN(c2cc(C)ncn2)CC1. The van der Waals surface area contributed by atoms with Crippen LogP contribution >= 0.6 is 0 Å². The minimum absolute atomic E-state index is 0.0255. The average Bonchev–Trinajstić information content (AvgIpc) is 2.62. The highest BCUT2D eigenvalue weighted by Crippen LogP contribution is 2.21. The van der Waals surface area contributed by atoms with Gasteiger partial charge in [-0.2, -0.15) is 0 Å². The van der Waals surface area contributed by atoms with Gasteiger partial charge in [0.1, 0.15) is 17.9 Å². The van der Waals surface area contributed by atoms with Crippen molar-refractivity contribution >= 4 is 11.7 Å². The Kier molecular flexibility index (Phi) is 4.93. The number of piperazine rings is 1. The molecular formula is C18H22N4O2. The molecule has 1 aromatic carbocycles. The number of para-hydroxylation sites is 1. The second kappa shape index (κ2) is 7.29. The lowest BCUT2D eigenvalue weighted by atomic mass is 10.1. The third-order valence-electron chi connectivity index (χ3n) is 4.10. The van der Waals surface area contributed by atoms with Crippen molar-refractivity contribution in [2.75, 3.05) is 37.7 Å². The van der Waals surface area contributed by atoms with Gasteiger partial charge in [-0.15, -0.1) is 0 Å². The fourth-order valence-electron chi connectivity index (χ4n) is 2.85. The Morgan fingerprint density at radius 3 is 2.62 bits per heavy atom. The molecule has 0 spiro atoms. The van der Waals surface area contributed by atoms with Crippen molar-refractivity contribution in [3.8, 4) is 5.75 Å². The Labute approximate surface area is 142 Å². The molecule has 0 saturated carbocycles. The first-order chi connectivity index (χ1) is 11.7. The van der Waals surface area contributed by atoms with Crippen molar-refractivity contribution in [1.82, 2.24) is 14.9 Å². The fraction of sp³-hybridized carbons (Fsp3) is 0.389. The second-order valence-electron chi connectivity index (χ2n) is 5.73. The molecule has 0 bridgehead atoms. The zero-order valence-electron chi connectivity index (χ0n) is 14.1. The quantitative estimate of drug-likeness (QED) is 0.861. The van der Waals surface area contributed by atoms with E-state index >= 15 is 0 Å². The zero-order chi connectivity index (χ0) is 16.9. The van der Waals surface area contributed by atoms with Crippen LogP contribution in [0.25, 0.3) is 0 Å². The summed E-state index contributed by atoms with van der Waals surface area (Å²) in [5.41, 5.74) is 1.58. The number of aromatic nitrogens is 2. The largest absolute Gasteiger partial charge is 0.493 e. The van der Waals surface area contributed by atoms with Crippen molar-refractivity contribution in [2.45, 2.75) is 13.8 Å². The Hall–Kier alpha value is -2.63. The smallest absolute Gasteiger partial charge is 0.257 e. The van der Waals surface area contributed by atoms with E-state index in [4.69, 9.17) is 4.74 Å². The van der Waals surface area contributed by atoms with Crippen molar-refractivity contribution in [3.05, 3.63) is 47.9 Å². The topological polar surface area (TPSA) is 58.6 Å². The first-order valence-corrected chi connectivity index (χ1v) is 8.23. The van der Waals surface area contributed by atoms with E-state index in [1.165, 1.54) is 0 Å². The van der Waals surface area contributed by atoms with Crippen LogP contribution in [0.4, 0.5) is 5.82 Å². The third kappa shape index (κ3) is 3.48. The summed E-state index contributed by atoms with van der Waals surface area (Å²) in [6.07, 6.45) is 1.58. The summed E-state index contributed by atoms with van der Waals surface area (Å²) in [5.74, 6) is 1.60. The van der Waals surface area contributed by atoms with E-state index in [0.29, 0.717) is 31.0 Å². The van der Waals surface area contributed by atoms with Crippen LogP contribution in [0, 0.1) is 6.92 Å². The number of ether oxygens (including phenoxy) is 1. The molecule has 2 aromatic rings. The Balaban J connectivity index is 1.67. The number of aryl methyl sites for hydroxylation is 1. The van der Waals surface area contributed by atoms with Crippen LogP contribution in [0.5, 0.6) is 5.75 Å². The summed E-state index contributed by atoms with van der Waals surface area (Å²) >= 11 is 0. The molecule has 0 unspecified atom stereocenters. The van der Waals surface area contributed by atoms with Crippen LogP contribution in [-0.2, 0) is 0 Å². The lowest BCUT2D eigenvalue weighted by Gasteiger charge is -2.35. The van der Waals surface area contributed by atoms with E-state index in [-0.39, 0.29) is 5.91 Å². The maximum atomic E-state index is 12.8. The lowest BCUT2D eigenvalue weighted by molar-refractivity contribution is 0.0742. The molecule has 0 atom stereocenters. The summed E-state index contributed by atoms with van der Waals surface area (Å²) in [6.45, 7) is 7.28. The van der Waals surface area contributed by atoms with Crippen LogP contribution in [0.2, 0.25) is 0 Å². The molecule has 24 heavy (non-hydrogen) atoms. The summed E-state index contributed by atoms with van der Waals surface area (Å²) in [6, 6.07) is 9.40. The first kappa shape index (κ1) is 16.2. The minimum Gasteiger partial charge on any atom is -0.493 e. The first-order valence-electron chi connectivity index (χ1n) is 8.23. The fourth-order valence-corrected chi connectivity index (χ4v) is 2.85. The highest BCUT2D eigenvalue weighted by molar-refractivity contribution is 5.97. The number of nitrogens with zero attached hydrogens (tertiary/aromatic N) is 4. The number of rotatable bonds is 4. The third-order valence-corrected chi connectivity index (χ3v) is 4.10. The van der Waals surface area contributed by atoms with Crippen LogP contribution in [0.1, 0.15) is 23.0 Å². The molecule has 1 aliphatic heterocycles. The lowest BCUT2D eigenvalue weighted by Crippen LogP contribution is -2.49. The summed E-state index contributed by atoms with van der Waals surface area (Å²) in [4.78, 5) is 25.3. The number of benzene rings is 1. The number of hydrogen-bond donors (Lipinski definition) is 0. The molecule has 6 heteroatoms. The highest BCUT2D eigenvalue weighted by atomic mass is 16.5. The van der Waals surface area contributed by atoms with E-state index in [1.54, 1.807) is 6.33 Å². The van der Waals surface area contributed by atoms with Gasteiger partial charge >= 0.3 is 0 Å². The summed E-state index contributed by atoms with van der Waals surface area (Å²) in [5, 5.41) is 0. The van der Waals surface area contributed by atoms with Gasteiger partial charge < -0.3 is 14.5 Å². The van der Waals surface area contributed by atoms with Crippen molar-refractivity contribution in [1.29, 1.82) is 0 Å². The summed E-state index contributed by atoms with van der Waals surface area (Å²) in [7, 11) is 0. The van der Waals surface area contributed by atoms with E-state index in [0.717, 1.165) is 24.6 Å². The van der Waals surface area contributed by atoms with E-state index in [9.17, 15) is 4.79 Å². The summed E-state index contributed by atoms with van der Waals surface area (Å²) < 4.78 is 5.58. The molecule has 126 valence electrons. The predicted molar refractivity (Wildman–Crippen MR) is 92.5 cm³/mol. The van der Waals surface area contributed by atoms with Gasteiger partial charge in [-0.05, 0) is 26.0 Å². The number of anilines is 1. The van der Waals surface area contributed by atoms with E-state index in [1.807, 2.05) is 49.1 Å². The van der Waals surface area contributed by atoms with Crippen LogP contribution in [0.15, 0.2) is 36.7 Å². The standard InChI is InChI=1S/C18H22N4O2/c1-3-24-16-7-5-4-6-15(16)18(23)22-10-8-21(9-11-22)17-12-14(2)19-13-20-17/h4-7,12-13H,3,8-11H2,1-2H3. The number of amides is 1. The minimum atomic E-state index is 0.0255. The van der Waals surface area contributed by atoms with Gasteiger partial charge in [0.25, 0.3) is 5.91 Å². The van der Waals surface area contributed by atoms with Gasteiger partial charge in [-0.25, -0.2) is 9.97 Å². The zero-order valence-corrected chi connectivity index (χ0v) is 14.1. The van der Waals surface area contributed by atoms with Crippen molar-refractivity contribution in [3.63, 3.8) is 0 Å². The maximum absolute atomic E-state index is 12.8. The predicted octanol–water partition coefficient (Wildman–Crippen LogP) is 2.15.